The molecule has 6 nitrogen and oxygen atoms in total. The average Bonchev–Trinajstić information content (AvgIpc) is 2.57. The molecule has 1 rings (SSSR count). The van der Waals surface area contributed by atoms with E-state index in [0.717, 1.165) is 5.56 Å². The Morgan fingerprint density at radius 3 is 2.27 bits per heavy atom. The highest BCUT2D eigenvalue weighted by Crippen LogP contribution is 2.23. The van der Waals surface area contributed by atoms with Crippen molar-refractivity contribution in [2.24, 2.45) is 0 Å². The summed E-state index contributed by atoms with van der Waals surface area (Å²) in [5.74, 6) is -1.04. The van der Waals surface area contributed by atoms with Gasteiger partial charge in [-0.3, -0.25) is 4.79 Å². The van der Waals surface area contributed by atoms with E-state index in [1.165, 1.54) is 6.92 Å². The Labute approximate surface area is 149 Å². The lowest BCUT2D eigenvalue weighted by atomic mass is 10.0. The maximum absolute atomic E-state index is 12.6. The van der Waals surface area contributed by atoms with E-state index in [2.05, 4.69) is 10.6 Å². The van der Waals surface area contributed by atoms with Crippen molar-refractivity contribution in [1.82, 2.24) is 10.6 Å². The number of rotatable bonds is 9. The fourth-order valence-electron chi connectivity index (χ4n) is 2.45. The number of hydrogen-bond donors (Lipinski definition) is 4. The van der Waals surface area contributed by atoms with Crippen molar-refractivity contribution < 1.29 is 33.0 Å². The van der Waals surface area contributed by atoms with E-state index in [0.29, 0.717) is 6.42 Å². The number of alkyl halides is 3. The van der Waals surface area contributed by atoms with Crippen molar-refractivity contribution in [1.29, 1.82) is 0 Å². The van der Waals surface area contributed by atoms with E-state index in [-0.39, 0.29) is 19.3 Å². The van der Waals surface area contributed by atoms with E-state index < -0.39 is 36.4 Å². The van der Waals surface area contributed by atoms with Gasteiger partial charge in [-0.2, -0.15) is 13.2 Å². The van der Waals surface area contributed by atoms with E-state index in [4.69, 9.17) is 5.11 Å². The van der Waals surface area contributed by atoms with Crippen LogP contribution < -0.4 is 10.6 Å². The number of aliphatic hydroxyl groups is 1. The van der Waals surface area contributed by atoms with Crippen LogP contribution in [0.3, 0.4) is 0 Å². The molecule has 9 heteroatoms. The fourth-order valence-corrected chi connectivity index (χ4v) is 2.45. The summed E-state index contributed by atoms with van der Waals surface area (Å²) >= 11 is 0. The first-order valence-electron chi connectivity index (χ1n) is 8.21. The largest absolute Gasteiger partial charge is 0.481 e. The van der Waals surface area contributed by atoms with Gasteiger partial charge in [-0.05, 0) is 24.8 Å². The quantitative estimate of drug-likeness (QED) is 0.532. The highest BCUT2D eigenvalue weighted by molar-refractivity contribution is 5.75. The molecular formula is C17H23F3N2O4. The number of carbonyl (C=O) groups excluding carboxylic acids is 1. The topological polar surface area (TPSA) is 98.7 Å². The smallest absolute Gasteiger partial charge is 0.416 e. The SMILES string of the molecule is CCC(NC(=O)NC(CCC(=O)O)Cc1ccccc1)C(O)C(F)(F)F. The molecule has 0 radical (unpaired) electrons. The van der Waals surface area contributed by atoms with Crippen LogP contribution in [0.15, 0.2) is 30.3 Å². The zero-order valence-corrected chi connectivity index (χ0v) is 14.3. The van der Waals surface area contributed by atoms with E-state index >= 15 is 0 Å². The molecule has 0 bridgehead atoms. The van der Waals surface area contributed by atoms with Crippen molar-refractivity contribution in [3.8, 4) is 0 Å². The van der Waals surface area contributed by atoms with Crippen LogP contribution in [0.5, 0.6) is 0 Å². The van der Waals surface area contributed by atoms with Crippen molar-refractivity contribution in [3.63, 3.8) is 0 Å². The minimum atomic E-state index is -4.85. The average molecular weight is 376 g/mol. The Bertz CT molecular complexity index is 581. The third-order valence-corrected chi connectivity index (χ3v) is 3.84. The van der Waals surface area contributed by atoms with Gasteiger partial charge in [0.15, 0.2) is 6.10 Å². The van der Waals surface area contributed by atoms with Crippen molar-refractivity contribution in [2.75, 3.05) is 0 Å². The minimum absolute atomic E-state index is 0.118. The normalized spacial score (nSPS) is 15.0. The number of benzene rings is 1. The highest BCUT2D eigenvalue weighted by Gasteiger charge is 2.43. The molecule has 0 saturated carbocycles. The van der Waals surface area contributed by atoms with Gasteiger partial charge in [-0.25, -0.2) is 4.79 Å². The van der Waals surface area contributed by atoms with Crippen LogP contribution in [0.1, 0.15) is 31.7 Å². The molecule has 0 aliphatic heterocycles. The highest BCUT2D eigenvalue weighted by atomic mass is 19.4. The van der Waals surface area contributed by atoms with Gasteiger partial charge in [-0.15, -0.1) is 0 Å². The third-order valence-electron chi connectivity index (χ3n) is 3.84. The van der Waals surface area contributed by atoms with Gasteiger partial charge < -0.3 is 20.8 Å². The predicted octanol–water partition coefficient (Wildman–Crippen LogP) is 2.46. The lowest BCUT2D eigenvalue weighted by Crippen LogP contribution is -2.54. The number of amides is 2. The molecular weight excluding hydrogens is 353 g/mol. The maximum atomic E-state index is 12.6. The fraction of sp³-hybridized carbons (Fsp3) is 0.529. The number of hydrogen-bond acceptors (Lipinski definition) is 3. The van der Waals surface area contributed by atoms with Gasteiger partial charge in [0.2, 0.25) is 0 Å². The second-order valence-corrected chi connectivity index (χ2v) is 5.94. The number of carboxylic acid groups (broad SMARTS) is 1. The summed E-state index contributed by atoms with van der Waals surface area (Å²) in [6.07, 6.45) is -7.38. The summed E-state index contributed by atoms with van der Waals surface area (Å²) in [5.41, 5.74) is 0.852. The van der Waals surface area contributed by atoms with E-state index in [9.17, 15) is 27.9 Å². The van der Waals surface area contributed by atoms with Crippen LogP contribution in [-0.4, -0.2) is 46.6 Å². The zero-order valence-electron chi connectivity index (χ0n) is 14.3. The molecule has 0 spiro atoms. The number of carbonyl (C=O) groups is 2. The van der Waals surface area contributed by atoms with Gasteiger partial charge in [0.25, 0.3) is 0 Å². The number of aliphatic carboxylic acids is 1. The molecule has 0 saturated heterocycles. The number of nitrogens with one attached hydrogen (secondary N) is 2. The Morgan fingerprint density at radius 2 is 1.77 bits per heavy atom. The molecule has 0 aliphatic carbocycles. The molecule has 1 aromatic carbocycles. The summed E-state index contributed by atoms with van der Waals surface area (Å²) in [5, 5.41) is 22.7. The summed E-state index contributed by atoms with van der Waals surface area (Å²) in [6, 6.07) is 6.03. The van der Waals surface area contributed by atoms with Gasteiger partial charge in [0, 0.05) is 12.5 Å². The van der Waals surface area contributed by atoms with Crippen LogP contribution in [0, 0.1) is 0 Å². The number of aliphatic hydroxyl groups excluding tert-OH is 1. The Morgan fingerprint density at radius 1 is 1.15 bits per heavy atom. The number of carboxylic acids is 1. The van der Waals surface area contributed by atoms with E-state index in [1.54, 1.807) is 30.3 Å². The van der Waals surface area contributed by atoms with Gasteiger partial charge >= 0.3 is 18.2 Å². The number of urea groups is 1. The Kier molecular flexibility index (Phi) is 8.37. The Balaban J connectivity index is 2.72. The van der Waals surface area contributed by atoms with Gasteiger partial charge in [0.05, 0.1) is 6.04 Å². The van der Waals surface area contributed by atoms with Crippen LogP contribution in [0.2, 0.25) is 0 Å². The molecule has 26 heavy (non-hydrogen) atoms. The first-order chi connectivity index (χ1) is 12.1. The standard InChI is InChI=1S/C17H23F3N2O4/c1-2-13(15(25)17(18,19)20)22-16(26)21-12(8-9-14(23)24)10-11-6-4-3-5-7-11/h3-7,12-13,15,25H,2,8-10H2,1H3,(H,23,24)(H2,21,22,26). The van der Waals surface area contributed by atoms with Crippen LogP contribution >= 0.6 is 0 Å². The lowest BCUT2D eigenvalue weighted by Gasteiger charge is -2.26. The molecule has 0 aliphatic rings. The molecule has 3 atom stereocenters. The van der Waals surface area contributed by atoms with Gasteiger partial charge in [-0.1, -0.05) is 37.3 Å². The second kappa shape index (κ2) is 10.0. The minimum Gasteiger partial charge on any atom is -0.481 e. The molecule has 0 heterocycles. The maximum Gasteiger partial charge on any atom is 0.416 e. The Hall–Kier alpha value is -2.29. The second-order valence-electron chi connectivity index (χ2n) is 5.94. The summed E-state index contributed by atoms with van der Waals surface area (Å²) in [6.45, 7) is 1.41. The molecule has 2 amide bonds. The molecule has 0 aromatic heterocycles. The molecule has 0 fully saturated rings. The molecule has 146 valence electrons. The molecule has 3 unspecified atom stereocenters. The molecule has 4 N–H and O–H groups in total. The van der Waals surface area contributed by atoms with Crippen LogP contribution in [0.25, 0.3) is 0 Å². The monoisotopic (exact) mass is 376 g/mol. The number of halogens is 3. The summed E-state index contributed by atoms with van der Waals surface area (Å²) in [4.78, 5) is 22.8. The summed E-state index contributed by atoms with van der Waals surface area (Å²) < 4.78 is 37.8. The van der Waals surface area contributed by atoms with Crippen molar-refractivity contribution >= 4 is 12.0 Å². The van der Waals surface area contributed by atoms with Crippen LogP contribution in [-0.2, 0) is 11.2 Å². The van der Waals surface area contributed by atoms with Crippen LogP contribution in [0.4, 0.5) is 18.0 Å². The predicted molar refractivity (Wildman–Crippen MR) is 88.6 cm³/mol. The van der Waals surface area contributed by atoms with Crippen molar-refractivity contribution in [2.45, 2.75) is 57.0 Å². The van der Waals surface area contributed by atoms with Gasteiger partial charge in [0.1, 0.15) is 0 Å². The van der Waals surface area contributed by atoms with Crippen molar-refractivity contribution in [3.05, 3.63) is 35.9 Å². The first-order valence-corrected chi connectivity index (χ1v) is 8.21. The lowest BCUT2D eigenvalue weighted by molar-refractivity contribution is -0.211. The summed E-state index contributed by atoms with van der Waals surface area (Å²) in [7, 11) is 0. The molecule has 1 aromatic rings. The van der Waals surface area contributed by atoms with E-state index in [1.807, 2.05) is 0 Å². The third kappa shape index (κ3) is 7.73. The first kappa shape index (κ1) is 21.8. The zero-order chi connectivity index (χ0) is 19.7.